The largest absolute Gasteiger partial charge is 0.460 e. The number of piperazine rings is 1. The summed E-state index contributed by atoms with van der Waals surface area (Å²) in [6.45, 7) is 10.5. The lowest BCUT2D eigenvalue weighted by atomic mass is 10.1. The molecule has 0 aliphatic carbocycles. The number of carbonyl (C=O) groups is 3. The highest BCUT2D eigenvalue weighted by Gasteiger charge is 2.32. The van der Waals surface area contributed by atoms with Gasteiger partial charge in [-0.1, -0.05) is 0 Å². The average molecular weight is 357 g/mol. The van der Waals surface area contributed by atoms with Crippen molar-refractivity contribution in [3.63, 3.8) is 0 Å². The number of esters is 1. The maximum Gasteiger partial charge on any atom is 0.409 e. The molecular weight excluding hydrogens is 326 g/mol. The van der Waals surface area contributed by atoms with Crippen molar-refractivity contribution in [3.05, 3.63) is 0 Å². The highest BCUT2D eigenvalue weighted by atomic mass is 16.6. The van der Waals surface area contributed by atoms with Gasteiger partial charge < -0.3 is 25.0 Å². The highest BCUT2D eigenvalue weighted by Crippen LogP contribution is 2.14. The van der Waals surface area contributed by atoms with Crippen LogP contribution in [0.15, 0.2) is 0 Å². The van der Waals surface area contributed by atoms with Gasteiger partial charge in [0.25, 0.3) is 0 Å². The summed E-state index contributed by atoms with van der Waals surface area (Å²) in [4.78, 5) is 39.3. The van der Waals surface area contributed by atoms with Gasteiger partial charge >= 0.3 is 12.1 Å². The van der Waals surface area contributed by atoms with E-state index in [1.54, 1.807) is 37.5 Å². The van der Waals surface area contributed by atoms with E-state index in [2.05, 4.69) is 0 Å². The Labute approximate surface area is 149 Å². The molecule has 1 unspecified atom stereocenters. The molecule has 1 heterocycles. The number of nitrogens with zero attached hydrogens (tertiary/aromatic N) is 2. The third kappa shape index (κ3) is 6.89. The number of nitrogens with two attached hydrogens (primary N) is 1. The van der Waals surface area contributed by atoms with Gasteiger partial charge in [0.15, 0.2) is 0 Å². The van der Waals surface area contributed by atoms with Gasteiger partial charge in [0.2, 0.25) is 5.91 Å². The molecule has 8 heteroatoms. The number of amides is 2. The molecule has 0 spiro atoms. The Morgan fingerprint density at radius 2 is 1.88 bits per heavy atom. The topological polar surface area (TPSA) is 102 Å². The fourth-order valence-corrected chi connectivity index (χ4v) is 2.67. The van der Waals surface area contributed by atoms with Crippen LogP contribution in [0.2, 0.25) is 0 Å². The maximum atomic E-state index is 12.5. The van der Waals surface area contributed by atoms with Crippen molar-refractivity contribution in [2.75, 3.05) is 26.2 Å². The summed E-state index contributed by atoms with van der Waals surface area (Å²) in [5, 5.41) is 0. The molecule has 0 bridgehead atoms. The molecule has 8 nitrogen and oxygen atoms in total. The normalized spacial score (nSPS) is 19.4. The first-order valence-corrected chi connectivity index (χ1v) is 8.74. The summed E-state index contributed by atoms with van der Waals surface area (Å²) in [6, 6.07) is -0.914. The number of ether oxygens (including phenoxy) is 2. The molecule has 0 aromatic carbocycles. The zero-order chi connectivity index (χ0) is 19.2. The van der Waals surface area contributed by atoms with E-state index in [1.807, 2.05) is 6.92 Å². The van der Waals surface area contributed by atoms with E-state index in [-0.39, 0.29) is 36.9 Å². The van der Waals surface area contributed by atoms with E-state index in [0.717, 1.165) is 0 Å². The number of rotatable bonds is 5. The van der Waals surface area contributed by atoms with Gasteiger partial charge in [-0.05, 0) is 41.0 Å². The van der Waals surface area contributed by atoms with E-state index >= 15 is 0 Å². The molecule has 1 fully saturated rings. The van der Waals surface area contributed by atoms with Crippen LogP contribution in [0, 0.1) is 0 Å². The smallest absolute Gasteiger partial charge is 0.409 e. The SMILES string of the molecule is CCOC(=O)N1CCN(C(=O)[C@@H](N)CCC(=O)OC(C)(C)C)C(C)C1. The van der Waals surface area contributed by atoms with E-state index in [4.69, 9.17) is 15.2 Å². The standard InChI is InChI=1S/C17H31N3O5/c1-6-24-16(23)19-9-10-20(12(2)11-19)15(22)13(18)7-8-14(21)25-17(3,4)5/h12-13H,6-11,18H2,1-5H3/t12?,13-/m0/s1. The molecule has 2 atom stereocenters. The van der Waals surface area contributed by atoms with Crippen molar-refractivity contribution in [1.82, 2.24) is 9.80 Å². The minimum Gasteiger partial charge on any atom is -0.460 e. The highest BCUT2D eigenvalue weighted by molar-refractivity contribution is 5.83. The molecule has 2 amide bonds. The van der Waals surface area contributed by atoms with Crippen LogP contribution in [-0.4, -0.2) is 71.7 Å². The number of carbonyl (C=O) groups excluding carboxylic acids is 3. The molecular formula is C17H31N3O5. The Morgan fingerprint density at radius 1 is 1.24 bits per heavy atom. The molecule has 0 aromatic heterocycles. The lowest BCUT2D eigenvalue weighted by Gasteiger charge is -2.40. The van der Waals surface area contributed by atoms with Gasteiger partial charge in [0.05, 0.1) is 12.6 Å². The van der Waals surface area contributed by atoms with Crippen LogP contribution in [0.4, 0.5) is 4.79 Å². The third-order valence-electron chi connectivity index (χ3n) is 3.83. The summed E-state index contributed by atoms with van der Waals surface area (Å²) in [5.74, 6) is -0.574. The van der Waals surface area contributed by atoms with Crippen LogP contribution in [-0.2, 0) is 19.1 Å². The van der Waals surface area contributed by atoms with Crippen molar-refractivity contribution < 1.29 is 23.9 Å². The van der Waals surface area contributed by atoms with Gasteiger partial charge in [-0.25, -0.2) is 4.79 Å². The summed E-state index contributed by atoms with van der Waals surface area (Å²) >= 11 is 0. The second-order valence-corrected chi connectivity index (χ2v) is 7.26. The minimum absolute atomic E-state index is 0.0986. The molecule has 1 saturated heterocycles. The van der Waals surface area contributed by atoms with Crippen LogP contribution in [0.3, 0.4) is 0 Å². The number of hydrogen-bond acceptors (Lipinski definition) is 6. The van der Waals surface area contributed by atoms with Crippen LogP contribution < -0.4 is 5.73 Å². The molecule has 0 saturated carbocycles. The predicted octanol–water partition coefficient (Wildman–Crippen LogP) is 1.12. The van der Waals surface area contributed by atoms with E-state index < -0.39 is 11.6 Å². The van der Waals surface area contributed by atoms with E-state index in [0.29, 0.717) is 26.2 Å². The maximum absolute atomic E-state index is 12.5. The minimum atomic E-state index is -0.760. The van der Waals surface area contributed by atoms with Gasteiger partial charge in [0.1, 0.15) is 5.60 Å². The molecule has 1 aliphatic rings. The van der Waals surface area contributed by atoms with Crippen LogP contribution in [0.5, 0.6) is 0 Å². The van der Waals surface area contributed by atoms with Crippen LogP contribution in [0.25, 0.3) is 0 Å². The van der Waals surface area contributed by atoms with Gasteiger partial charge in [0, 0.05) is 32.1 Å². The Bertz CT molecular complexity index is 489. The molecule has 25 heavy (non-hydrogen) atoms. The molecule has 2 N–H and O–H groups in total. The molecule has 0 aromatic rings. The Kier molecular flexibility index (Phi) is 7.66. The Morgan fingerprint density at radius 3 is 2.40 bits per heavy atom. The van der Waals surface area contributed by atoms with Crippen molar-refractivity contribution >= 4 is 18.0 Å². The quantitative estimate of drug-likeness (QED) is 0.740. The summed E-state index contributed by atoms with van der Waals surface area (Å²) in [6.07, 6.45) is -0.0319. The number of hydrogen-bond donors (Lipinski definition) is 1. The fourth-order valence-electron chi connectivity index (χ4n) is 2.67. The first-order chi connectivity index (χ1) is 11.5. The van der Waals surface area contributed by atoms with Gasteiger partial charge in [-0.15, -0.1) is 0 Å². The zero-order valence-corrected chi connectivity index (χ0v) is 15.9. The predicted molar refractivity (Wildman–Crippen MR) is 92.8 cm³/mol. The monoisotopic (exact) mass is 357 g/mol. The molecule has 144 valence electrons. The zero-order valence-electron chi connectivity index (χ0n) is 15.9. The van der Waals surface area contributed by atoms with Crippen LogP contribution in [0.1, 0.15) is 47.5 Å². The summed E-state index contributed by atoms with van der Waals surface area (Å²) in [5.41, 5.74) is 5.41. The lowest BCUT2D eigenvalue weighted by molar-refractivity contribution is -0.155. The van der Waals surface area contributed by atoms with Crippen molar-refractivity contribution in [2.45, 2.75) is 65.1 Å². The fraction of sp³-hybridized carbons (Fsp3) is 0.824. The Balaban J connectivity index is 2.48. The van der Waals surface area contributed by atoms with Crippen molar-refractivity contribution in [1.29, 1.82) is 0 Å². The third-order valence-corrected chi connectivity index (χ3v) is 3.83. The first kappa shape index (κ1) is 21.2. The Hall–Kier alpha value is -1.83. The van der Waals surface area contributed by atoms with E-state index in [1.165, 1.54) is 0 Å². The van der Waals surface area contributed by atoms with Crippen molar-refractivity contribution in [2.24, 2.45) is 5.73 Å². The van der Waals surface area contributed by atoms with Gasteiger partial charge in [-0.2, -0.15) is 0 Å². The van der Waals surface area contributed by atoms with E-state index in [9.17, 15) is 14.4 Å². The lowest BCUT2D eigenvalue weighted by Crippen LogP contribution is -2.58. The van der Waals surface area contributed by atoms with Crippen molar-refractivity contribution in [3.8, 4) is 0 Å². The molecule has 1 rings (SSSR count). The molecule has 1 aliphatic heterocycles. The van der Waals surface area contributed by atoms with Gasteiger partial charge in [-0.3, -0.25) is 9.59 Å². The summed E-state index contributed by atoms with van der Waals surface area (Å²) < 4.78 is 10.2. The first-order valence-electron chi connectivity index (χ1n) is 8.74. The van der Waals surface area contributed by atoms with Crippen LogP contribution >= 0.6 is 0 Å². The summed E-state index contributed by atoms with van der Waals surface area (Å²) in [7, 11) is 0. The average Bonchev–Trinajstić information content (AvgIpc) is 2.50. The molecule has 0 radical (unpaired) electrons. The second-order valence-electron chi connectivity index (χ2n) is 7.26. The second kappa shape index (κ2) is 9.03.